The van der Waals surface area contributed by atoms with Crippen LogP contribution in [0.25, 0.3) is 11.1 Å². The van der Waals surface area contributed by atoms with Crippen molar-refractivity contribution in [3.63, 3.8) is 0 Å². The quantitative estimate of drug-likeness (QED) is 0.180. The molecule has 1 atom stereocenters. The van der Waals surface area contributed by atoms with Crippen LogP contribution in [0.1, 0.15) is 63.6 Å². The molecular formula is C34H32N2O3. The van der Waals surface area contributed by atoms with Gasteiger partial charge in [0.25, 0.3) is 11.8 Å². The molecule has 4 aromatic carbocycles. The maximum Gasteiger partial charge on any atom is 0.261 e. The molecule has 3 amide bonds. The van der Waals surface area contributed by atoms with Crippen molar-refractivity contribution in [2.75, 3.05) is 6.54 Å². The summed E-state index contributed by atoms with van der Waals surface area (Å²) in [6, 6.07) is 35.6. The molecule has 0 saturated carbocycles. The standard InChI is InChI=1S/C34H32N2O3/c37-32(18-8-3-11-23-36-33(38)29-16-9-10-17-30(29)34(36)39)35-31(24-25-12-4-1-5-13-25)28-21-19-27(20-22-28)26-14-6-2-7-15-26/h1-2,4-7,9-10,12-17,19-22,31H,3,8,11,18,23-24H2,(H,35,37)/t31-/m0/s1. The normalized spacial score (nSPS) is 13.3. The molecule has 0 aliphatic carbocycles. The van der Waals surface area contributed by atoms with E-state index in [-0.39, 0.29) is 23.8 Å². The molecule has 39 heavy (non-hydrogen) atoms. The van der Waals surface area contributed by atoms with Crippen LogP contribution in [0, 0.1) is 0 Å². The fraction of sp³-hybridized carbons (Fsp3) is 0.206. The van der Waals surface area contributed by atoms with Gasteiger partial charge in [0.15, 0.2) is 0 Å². The molecule has 0 fully saturated rings. The molecule has 4 aromatic rings. The number of hydrogen-bond acceptors (Lipinski definition) is 3. The molecular weight excluding hydrogens is 484 g/mol. The first-order valence-corrected chi connectivity index (χ1v) is 13.5. The zero-order chi connectivity index (χ0) is 27.0. The van der Waals surface area contributed by atoms with Crippen molar-refractivity contribution < 1.29 is 14.4 Å². The lowest BCUT2D eigenvalue weighted by atomic mass is 9.96. The summed E-state index contributed by atoms with van der Waals surface area (Å²) in [4.78, 5) is 39.3. The number of fused-ring (bicyclic) bond motifs is 1. The van der Waals surface area contributed by atoms with Gasteiger partial charge in [-0.2, -0.15) is 0 Å². The van der Waals surface area contributed by atoms with Crippen molar-refractivity contribution in [2.45, 2.75) is 38.1 Å². The summed E-state index contributed by atoms with van der Waals surface area (Å²) in [5, 5.41) is 3.24. The van der Waals surface area contributed by atoms with E-state index in [0.717, 1.165) is 28.7 Å². The van der Waals surface area contributed by atoms with E-state index >= 15 is 0 Å². The smallest absolute Gasteiger partial charge is 0.261 e. The van der Waals surface area contributed by atoms with Crippen molar-refractivity contribution in [1.82, 2.24) is 10.2 Å². The summed E-state index contributed by atoms with van der Waals surface area (Å²) in [6.07, 6.45) is 3.23. The highest BCUT2D eigenvalue weighted by Crippen LogP contribution is 2.25. The number of carbonyl (C=O) groups excluding carboxylic acids is 3. The second kappa shape index (κ2) is 12.4. The average Bonchev–Trinajstić information content (AvgIpc) is 3.22. The SMILES string of the molecule is O=C(CCCCCN1C(=O)c2ccccc2C1=O)N[C@@H](Cc1ccccc1)c1ccc(-c2ccccc2)cc1. The van der Waals surface area contributed by atoms with E-state index < -0.39 is 0 Å². The largest absolute Gasteiger partial charge is 0.349 e. The van der Waals surface area contributed by atoms with Crippen LogP contribution >= 0.6 is 0 Å². The summed E-state index contributed by atoms with van der Waals surface area (Å²) < 4.78 is 0. The topological polar surface area (TPSA) is 66.5 Å². The Labute approximate surface area is 229 Å². The Hall–Kier alpha value is -4.51. The number of nitrogens with one attached hydrogen (secondary N) is 1. The Morgan fingerprint density at radius 1 is 0.641 bits per heavy atom. The van der Waals surface area contributed by atoms with Crippen LogP contribution in [0.4, 0.5) is 0 Å². The minimum absolute atomic E-state index is 0.00352. The van der Waals surface area contributed by atoms with Crippen LogP contribution in [0.3, 0.4) is 0 Å². The number of unbranched alkanes of at least 4 members (excludes halogenated alkanes) is 2. The fourth-order valence-electron chi connectivity index (χ4n) is 5.08. The van der Waals surface area contributed by atoms with Gasteiger partial charge >= 0.3 is 0 Å². The lowest BCUT2D eigenvalue weighted by Crippen LogP contribution is -2.31. The first-order valence-electron chi connectivity index (χ1n) is 13.5. The second-order valence-corrected chi connectivity index (χ2v) is 9.92. The van der Waals surface area contributed by atoms with E-state index in [9.17, 15) is 14.4 Å². The second-order valence-electron chi connectivity index (χ2n) is 9.92. The average molecular weight is 517 g/mol. The number of imide groups is 1. The summed E-state index contributed by atoms with van der Waals surface area (Å²) in [7, 11) is 0. The van der Waals surface area contributed by atoms with Gasteiger partial charge in [-0.3, -0.25) is 19.3 Å². The summed E-state index contributed by atoms with van der Waals surface area (Å²) in [5.74, 6) is -0.449. The van der Waals surface area contributed by atoms with E-state index in [1.807, 2.05) is 36.4 Å². The predicted octanol–water partition coefficient (Wildman–Crippen LogP) is 6.61. The molecule has 1 aliphatic heterocycles. The molecule has 0 bridgehead atoms. The van der Waals surface area contributed by atoms with Gasteiger partial charge in [0.1, 0.15) is 0 Å². The molecule has 1 heterocycles. The van der Waals surface area contributed by atoms with Crippen LogP contribution in [-0.4, -0.2) is 29.2 Å². The number of amides is 3. The summed E-state index contributed by atoms with van der Waals surface area (Å²) in [6.45, 7) is 0.373. The first-order chi connectivity index (χ1) is 19.1. The van der Waals surface area contributed by atoms with E-state index in [1.165, 1.54) is 4.90 Å². The number of rotatable bonds is 11. The Kier molecular flexibility index (Phi) is 8.27. The minimum atomic E-state index is -0.227. The fourth-order valence-corrected chi connectivity index (χ4v) is 5.08. The Morgan fingerprint density at radius 3 is 1.85 bits per heavy atom. The van der Waals surface area contributed by atoms with Gasteiger partial charge in [0.2, 0.25) is 5.91 Å². The third-order valence-electron chi connectivity index (χ3n) is 7.20. The van der Waals surface area contributed by atoms with Crippen LogP contribution < -0.4 is 5.32 Å². The maximum absolute atomic E-state index is 12.9. The molecule has 5 rings (SSSR count). The lowest BCUT2D eigenvalue weighted by molar-refractivity contribution is -0.122. The zero-order valence-corrected chi connectivity index (χ0v) is 21.9. The first kappa shape index (κ1) is 26.1. The van der Waals surface area contributed by atoms with Gasteiger partial charge in [0.05, 0.1) is 17.2 Å². The van der Waals surface area contributed by atoms with Crippen molar-refractivity contribution in [3.8, 4) is 11.1 Å². The van der Waals surface area contributed by atoms with Crippen LogP contribution in [0.5, 0.6) is 0 Å². The van der Waals surface area contributed by atoms with Crippen LogP contribution in [0.15, 0.2) is 109 Å². The third-order valence-corrected chi connectivity index (χ3v) is 7.20. The molecule has 196 valence electrons. The Morgan fingerprint density at radius 2 is 1.21 bits per heavy atom. The Bertz CT molecular complexity index is 1400. The number of nitrogens with zero attached hydrogens (tertiary/aromatic N) is 1. The van der Waals surface area contributed by atoms with Gasteiger partial charge < -0.3 is 5.32 Å². The number of hydrogen-bond donors (Lipinski definition) is 1. The monoisotopic (exact) mass is 516 g/mol. The van der Waals surface area contributed by atoms with Crippen molar-refractivity contribution in [2.24, 2.45) is 0 Å². The molecule has 0 saturated heterocycles. The van der Waals surface area contributed by atoms with Gasteiger partial charge in [0, 0.05) is 13.0 Å². The molecule has 1 N–H and O–H groups in total. The Balaban J connectivity index is 1.15. The highest BCUT2D eigenvalue weighted by molar-refractivity contribution is 6.21. The molecule has 0 radical (unpaired) electrons. The van der Waals surface area contributed by atoms with Crippen LogP contribution in [-0.2, 0) is 11.2 Å². The number of carbonyl (C=O) groups is 3. The van der Waals surface area contributed by atoms with E-state index in [0.29, 0.717) is 43.4 Å². The lowest BCUT2D eigenvalue weighted by Gasteiger charge is -2.20. The van der Waals surface area contributed by atoms with E-state index in [2.05, 4.69) is 53.8 Å². The number of benzene rings is 4. The highest BCUT2D eigenvalue weighted by Gasteiger charge is 2.34. The maximum atomic E-state index is 12.9. The summed E-state index contributed by atoms with van der Waals surface area (Å²) in [5.41, 5.74) is 5.48. The minimum Gasteiger partial charge on any atom is -0.349 e. The van der Waals surface area contributed by atoms with Gasteiger partial charge in [-0.15, -0.1) is 0 Å². The van der Waals surface area contributed by atoms with Crippen molar-refractivity contribution >= 4 is 17.7 Å². The molecule has 0 aromatic heterocycles. The third kappa shape index (κ3) is 6.32. The van der Waals surface area contributed by atoms with E-state index in [4.69, 9.17) is 0 Å². The van der Waals surface area contributed by atoms with Gasteiger partial charge in [-0.25, -0.2) is 0 Å². The van der Waals surface area contributed by atoms with Crippen molar-refractivity contribution in [3.05, 3.63) is 131 Å². The van der Waals surface area contributed by atoms with Gasteiger partial charge in [-0.05, 0) is 53.6 Å². The molecule has 0 spiro atoms. The summed E-state index contributed by atoms with van der Waals surface area (Å²) >= 11 is 0. The molecule has 0 unspecified atom stereocenters. The van der Waals surface area contributed by atoms with Gasteiger partial charge in [-0.1, -0.05) is 103 Å². The highest BCUT2D eigenvalue weighted by atomic mass is 16.2. The molecule has 5 nitrogen and oxygen atoms in total. The van der Waals surface area contributed by atoms with E-state index in [1.54, 1.807) is 24.3 Å². The predicted molar refractivity (Wildman–Crippen MR) is 153 cm³/mol. The zero-order valence-electron chi connectivity index (χ0n) is 21.9. The van der Waals surface area contributed by atoms with Crippen molar-refractivity contribution in [1.29, 1.82) is 0 Å². The van der Waals surface area contributed by atoms with Crippen LogP contribution in [0.2, 0.25) is 0 Å². The molecule has 5 heteroatoms. The molecule has 1 aliphatic rings.